The predicted octanol–water partition coefficient (Wildman–Crippen LogP) is 2.55. The summed E-state index contributed by atoms with van der Waals surface area (Å²) in [4.78, 5) is 25.7. The molecule has 5 nitrogen and oxygen atoms in total. The first-order chi connectivity index (χ1) is 10.1. The number of nitrogens with zero attached hydrogens (tertiary/aromatic N) is 1. The Hall–Kier alpha value is -1.59. The van der Waals surface area contributed by atoms with Crippen molar-refractivity contribution < 1.29 is 14.3 Å². The average Bonchev–Trinajstić information content (AvgIpc) is 3.00. The molecule has 1 amide bonds. The number of methoxy groups -OCH3 is 1. The first-order valence-corrected chi connectivity index (χ1v) is 7.38. The van der Waals surface area contributed by atoms with Gasteiger partial charge in [-0.1, -0.05) is 11.6 Å². The SMILES string of the molecule is COC(=O)c1ccc(Cl)c(NC(=O)CCN2CCCC2)c1. The van der Waals surface area contributed by atoms with Crippen LogP contribution in [0.5, 0.6) is 0 Å². The van der Waals surface area contributed by atoms with Crippen LogP contribution in [0.2, 0.25) is 5.02 Å². The van der Waals surface area contributed by atoms with Gasteiger partial charge in [-0.05, 0) is 44.1 Å². The molecule has 1 heterocycles. The summed E-state index contributed by atoms with van der Waals surface area (Å²) in [6.07, 6.45) is 2.82. The highest BCUT2D eigenvalue weighted by Gasteiger charge is 2.14. The molecule has 0 saturated carbocycles. The maximum Gasteiger partial charge on any atom is 0.337 e. The van der Waals surface area contributed by atoms with Gasteiger partial charge in [0.1, 0.15) is 0 Å². The summed E-state index contributed by atoms with van der Waals surface area (Å²) in [5.41, 5.74) is 0.794. The number of likely N-dealkylation sites (tertiary alicyclic amines) is 1. The molecular formula is C15H19ClN2O3. The smallest absolute Gasteiger partial charge is 0.337 e. The van der Waals surface area contributed by atoms with Gasteiger partial charge in [-0.2, -0.15) is 0 Å². The van der Waals surface area contributed by atoms with Gasteiger partial charge in [-0.3, -0.25) is 4.79 Å². The van der Waals surface area contributed by atoms with E-state index >= 15 is 0 Å². The molecule has 0 aromatic heterocycles. The Morgan fingerprint density at radius 1 is 1.33 bits per heavy atom. The molecule has 21 heavy (non-hydrogen) atoms. The lowest BCUT2D eigenvalue weighted by Gasteiger charge is -2.14. The number of hydrogen-bond acceptors (Lipinski definition) is 4. The van der Waals surface area contributed by atoms with Crippen LogP contribution in [0.3, 0.4) is 0 Å². The van der Waals surface area contributed by atoms with Crippen molar-refractivity contribution in [2.24, 2.45) is 0 Å². The number of nitrogens with one attached hydrogen (secondary N) is 1. The molecule has 0 radical (unpaired) electrons. The van der Waals surface area contributed by atoms with E-state index in [-0.39, 0.29) is 5.91 Å². The minimum atomic E-state index is -0.459. The third kappa shape index (κ3) is 4.44. The van der Waals surface area contributed by atoms with Gasteiger partial charge in [-0.15, -0.1) is 0 Å². The summed E-state index contributed by atoms with van der Waals surface area (Å²) in [6, 6.07) is 4.67. The van der Waals surface area contributed by atoms with Crippen molar-refractivity contribution in [1.29, 1.82) is 0 Å². The third-order valence-electron chi connectivity index (χ3n) is 3.52. The molecule has 1 fully saturated rings. The molecule has 1 saturated heterocycles. The van der Waals surface area contributed by atoms with E-state index in [0.717, 1.165) is 19.6 Å². The number of rotatable bonds is 5. The van der Waals surface area contributed by atoms with E-state index in [0.29, 0.717) is 22.7 Å². The summed E-state index contributed by atoms with van der Waals surface area (Å²) in [5, 5.41) is 3.15. The quantitative estimate of drug-likeness (QED) is 0.849. The summed E-state index contributed by atoms with van der Waals surface area (Å²) in [5.74, 6) is -0.565. The lowest BCUT2D eigenvalue weighted by atomic mass is 10.2. The van der Waals surface area contributed by atoms with Crippen LogP contribution in [0.4, 0.5) is 5.69 Å². The Bertz CT molecular complexity index is 528. The number of ether oxygens (including phenoxy) is 1. The third-order valence-corrected chi connectivity index (χ3v) is 3.84. The molecule has 1 N–H and O–H groups in total. The topological polar surface area (TPSA) is 58.6 Å². The zero-order valence-corrected chi connectivity index (χ0v) is 12.8. The molecule has 6 heteroatoms. The van der Waals surface area contributed by atoms with Crippen LogP contribution in [0.25, 0.3) is 0 Å². The van der Waals surface area contributed by atoms with Gasteiger partial charge < -0.3 is 15.0 Å². The standard InChI is InChI=1S/C15H19ClN2O3/c1-21-15(20)11-4-5-12(16)13(10-11)17-14(19)6-9-18-7-2-3-8-18/h4-5,10H,2-3,6-9H2,1H3,(H,17,19). The van der Waals surface area contributed by atoms with Gasteiger partial charge in [0, 0.05) is 13.0 Å². The van der Waals surface area contributed by atoms with Gasteiger partial charge in [-0.25, -0.2) is 4.79 Å². The second kappa shape index (κ2) is 7.43. The second-order valence-corrected chi connectivity index (χ2v) is 5.44. The summed E-state index contributed by atoms with van der Waals surface area (Å²) < 4.78 is 4.65. The number of anilines is 1. The number of hydrogen-bond donors (Lipinski definition) is 1. The maximum absolute atomic E-state index is 12.0. The highest BCUT2D eigenvalue weighted by Crippen LogP contribution is 2.23. The van der Waals surface area contributed by atoms with E-state index in [1.165, 1.54) is 26.0 Å². The van der Waals surface area contributed by atoms with Crippen molar-refractivity contribution in [3.8, 4) is 0 Å². The van der Waals surface area contributed by atoms with E-state index < -0.39 is 5.97 Å². The summed E-state index contributed by atoms with van der Waals surface area (Å²) >= 11 is 6.04. The van der Waals surface area contributed by atoms with Gasteiger partial charge >= 0.3 is 5.97 Å². The number of carbonyl (C=O) groups is 2. The van der Waals surface area contributed by atoms with Crippen molar-refractivity contribution in [3.05, 3.63) is 28.8 Å². The molecule has 1 aromatic carbocycles. The second-order valence-electron chi connectivity index (χ2n) is 5.03. The number of amides is 1. The van der Waals surface area contributed by atoms with E-state index in [1.54, 1.807) is 12.1 Å². The van der Waals surface area contributed by atoms with Crippen LogP contribution < -0.4 is 5.32 Å². The van der Waals surface area contributed by atoms with Crippen molar-refractivity contribution in [3.63, 3.8) is 0 Å². The Labute approximate surface area is 129 Å². The molecule has 0 aliphatic carbocycles. The Kier molecular flexibility index (Phi) is 5.59. The first kappa shape index (κ1) is 15.8. The zero-order chi connectivity index (χ0) is 15.2. The Balaban J connectivity index is 1.94. The van der Waals surface area contributed by atoms with Crippen molar-refractivity contribution in [2.75, 3.05) is 32.1 Å². The Morgan fingerprint density at radius 3 is 2.71 bits per heavy atom. The molecule has 0 spiro atoms. The number of benzene rings is 1. The minimum Gasteiger partial charge on any atom is -0.465 e. The molecule has 1 aliphatic heterocycles. The molecule has 2 rings (SSSR count). The fourth-order valence-electron chi connectivity index (χ4n) is 2.34. The van der Waals surface area contributed by atoms with E-state index in [1.807, 2.05) is 0 Å². The minimum absolute atomic E-state index is 0.106. The van der Waals surface area contributed by atoms with Crippen molar-refractivity contribution in [1.82, 2.24) is 4.90 Å². The lowest BCUT2D eigenvalue weighted by molar-refractivity contribution is -0.116. The summed E-state index contributed by atoms with van der Waals surface area (Å²) in [7, 11) is 1.31. The fraction of sp³-hybridized carbons (Fsp3) is 0.467. The van der Waals surface area contributed by atoms with Crippen molar-refractivity contribution in [2.45, 2.75) is 19.3 Å². The van der Waals surface area contributed by atoms with Crippen LogP contribution in [-0.4, -0.2) is 43.5 Å². The zero-order valence-electron chi connectivity index (χ0n) is 12.0. The van der Waals surface area contributed by atoms with Gasteiger partial charge in [0.15, 0.2) is 0 Å². The highest BCUT2D eigenvalue weighted by molar-refractivity contribution is 6.33. The largest absolute Gasteiger partial charge is 0.465 e. The first-order valence-electron chi connectivity index (χ1n) is 7.00. The monoisotopic (exact) mass is 310 g/mol. The summed E-state index contributed by atoms with van der Waals surface area (Å²) in [6.45, 7) is 2.87. The highest BCUT2D eigenvalue weighted by atomic mass is 35.5. The molecule has 1 aliphatic rings. The number of esters is 1. The van der Waals surface area contributed by atoms with Gasteiger partial charge in [0.05, 0.1) is 23.4 Å². The number of carbonyl (C=O) groups excluding carboxylic acids is 2. The maximum atomic E-state index is 12.0. The fourth-order valence-corrected chi connectivity index (χ4v) is 2.51. The van der Waals surface area contributed by atoms with Crippen LogP contribution in [-0.2, 0) is 9.53 Å². The molecular weight excluding hydrogens is 292 g/mol. The van der Waals surface area contributed by atoms with E-state index in [9.17, 15) is 9.59 Å². The van der Waals surface area contributed by atoms with Crippen LogP contribution in [0.1, 0.15) is 29.6 Å². The van der Waals surface area contributed by atoms with Gasteiger partial charge in [0.2, 0.25) is 5.91 Å². The molecule has 1 aromatic rings. The molecule has 0 unspecified atom stereocenters. The molecule has 0 bridgehead atoms. The lowest BCUT2D eigenvalue weighted by Crippen LogP contribution is -2.25. The van der Waals surface area contributed by atoms with E-state index in [2.05, 4.69) is 15.0 Å². The van der Waals surface area contributed by atoms with Crippen LogP contribution >= 0.6 is 11.6 Å². The van der Waals surface area contributed by atoms with Crippen LogP contribution in [0.15, 0.2) is 18.2 Å². The van der Waals surface area contributed by atoms with Crippen molar-refractivity contribution >= 4 is 29.2 Å². The number of halogens is 1. The predicted molar refractivity (Wildman–Crippen MR) is 81.7 cm³/mol. The van der Waals surface area contributed by atoms with E-state index in [4.69, 9.17) is 11.6 Å². The Morgan fingerprint density at radius 2 is 2.05 bits per heavy atom. The normalized spacial score (nSPS) is 15.0. The molecule has 114 valence electrons. The molecule has 0 atom stereocenters. The van der Waals surface area contributed by atoms with Crippen LogP contribution in [0, 0.1) is 0 Å². The average molecular weight is 311 g/mol. The van der Waals surface area contributed by atoms with Gasteiger partial charge in [0.25, 0.3) is 0 Å².